The van der Waals surface area contributed by atoms with E-state index in [9.17, 15) is 5.11 Å². The van der Waals surface area contributed by atoms with Crippen LogP contribution in [-0.2, 0) is 19.4 Å². The number of aromatic nitrogens is 2. The SMILES string of the molecule is Cc1cc(CO)nc(C2CCc3ccccc3C2)n1. The van der Waals surface area contributed by atoms with Gasteiger partial charge < -0.3 is 5.11 Å². The van der Waals surface area contributed by atoms with Crippen LogP contribution in [0.3, 0.4) is 0 Å². The van der Waals surface area contributed by atoms with Gasteiger partial charge in [-0.1, -0.05) is 24.3 Å². The van der Waals surface area contributed by atoms with Crippen LogP contribution in [-0.4, -0.2) is 15.1 Å². The highest BCUT2D eigenvalue weighted by Gasteiger charge is 2.22. The molecule has 98 valence electrons. The smallest absolute Gasteiger partial charge is 0.132 e. The first-order chi connectivity index (χ1) is 9.26. The second kappa shape index (κ2) is 5.10. The van der Waals surface area contributed by atoms with Crippen molar-refractivity contribution in [3.63, 3.8) is 0 Å². The Kier molecular flexibility index (Phi) is 3.30. The maximum absolute atomic E-state index is 9.25. The van der Waals surface area contributed by atoms with Gasteiger partial charge in [0.2, 0.25) is 0 Å². The van der Waals surface area contributed by atoms with Crippen molar-refractivity contribution in [3.8, 4) is 0 Å². The quantitative estimate of drug-likeness (QED) is 0.896. The second-order valence-electron chi connectivity index (χ2n) is 5.23. The van der Waals surface area contributed by atoms with Crippen molar-refractivity contribution in [1.29, 1.82) is 0 Å². The zero-order valence-corrected chi connectivity index (χ0v) is 11.1. The van der Waals surface area contributed by atoms with E-state index in [0.717, 1.165) is 36.5 Å². The Morgan fingerprint density at radius 1 is 1.21 bits per heavy atom. The van der Waals surface area contributed by atoms with Crippen molar-refractivity contribution in [3.05, 3.63) is 58.7 Å². The summed E-state index contributed by atoms with van der Waals surface area (Å²) in [4.78, 5) is 9.04. The summed E-state index contributed by atoms with van der Waals surface area (Å²) in [6, 6.07) is 10.5. The zero-order valence-electron chi connectivity index (χ0n) is 11.1. The van der Waals surface area contributed by atoms with Gasteiger partial charge in [0.1, 0.15) is 5.82 Å². The Balaban J connectivity index is 1.90. The van der Waals surface area contributed by atoms with Crippen molar-refractivity contribution >= 4 is 0 Å². The standard InChI is InChI=1S/C16H18N2O/c1-11-8-15(10-19)18-16(17-11)14-7-6-12-4-2-3-5-13(12)9-14/h2-5,8,14,19H,6-7,9-10H2,1H3. The van der Waals surface area contributed by atoms with Gasteiger partial charge in [0.25, 0.3) is 0 Å². The number of aliphatic hydroxyl groups is 1. The van der Waals surface area contributed by atoms with Crippen molar-refractivity contribution in [1.82, 2.24) is 9.97 Å². The summed E-state index contributed by atoms with van der Waals surface area (Å²) in [5, 5.41) is 9.25. The van der Waals surface area contributed by atoms with Gasteiger partial charge in [-0.2, -0.15) is 0 Å². The molecule has 1 aliphatic carbocycles. The molecule has 1 unspecified atom stereocenters. The summed E-state index contributed by atoms with van der Waals surface area (Å²) in [7, 11) is 0. The number of nitrogens with zero attached hydrogens (tertiary/aromatic N) is 2. The number of rotatable bonds is 2. The highest BCUT2D eigenvalue weighted by atomic mass is 16.3. The molecule has 1 aromatic carbocycles. The number of fused-ring (bicyclic) bond motifs is 1. The van der Waals surface area contributed by atoms with E-state index in [1.807, 2.05) is 13.0 Å². The van der Waals surface area contributed by atoms with Crippen LogP contribution in [0.2, 0.25) is 0 Å². The molecular weight excluding hydrogens is 236 g/mol. The number of benzene rings is 1. The average molecular weight is 254 g/mol. The first-order valence-corrected chi connectivity index (χ1v) is 6.78. The number of hydrogen-bond donors (Lipinski definition) is 1. The van der Waals surface area contributed by atoms with Crippen LogP contribution < -0.4 is 0 Å². The lowest BCUT2D eigenvalue weighted by atomic mass is 9.83. The minimum Gasteiger partial charge on any atom is -0.390 e. The lowest BCUT2D eigenvalue weighted by Gasteiger charge is -2.23. The van der Waals surface area contributed by atoms with Crippen LogP contribution >= 0.6 is 0 Å². The summed E-state index contributed by atoms with van der Waals surface area (Å²) >= 11 is 0. The van der Waals surface area contributed by atoms with E-state index in [4.69, 9.17) is 0 Å². The van der Waals surface area contributed by atoms with Gasteiger partial charge >= 0.3 is 0 Å². The van der Waals surface area contributed by atoms with Crippen molar-refractivity contribution < 1.29 is 5.11 Å². The van der Waals surface area contributed by atoms with Gasteiger partial charge in [-0.15, -0.1) is 0 Å². The van der Waals surface area contributed by atoms with E-state index >= 15 is 0 Å². The van der Waals surface area contributed by atoms with E-state index in [0.29, 0.717) is 5.92 Å². The molecule has 3 rings (SSSR count). The molecule has 1 aliphatic rings. The van der Waals surface area contributed by atoms with Crippen LogP contribution in [0.15, 0.2) is 30.3 Å². The van der Waals surface area contributed by atoms with Crippen LogP contribution in [0.25, 0.3) is 0 Å². The van der Waals surface area contributed by atoms with Gasteiger partial charge in [0, 0.05) is 11.6 Å². The van der Waals surface area contributed by atoms with Gasteiger partial charge in [-0.3, -0.25) is 0 Å². The van der Waals surface area contributed by atoms with Gasteiger partial charge in [-0.25, -0.2) is 9.97 Å². The second-order valence-corrected chi connectivity index (χ2v) is 5.23. The first kappa shape index (κ1) is 12.3. The van der Waals surface area contributed by atoms with Crippen molar-refractivity contribution in [2.45, 2.75) is 38.7 Å². The van der Waals surface area contributed by atoms with Gasteiger partial charge in [0.15, 0.2) is 0 Å². The summed E-state index contributed by atoms with van der Waals surface area (Å²) in [6.07, 6.45) is 3.18. The molecule has 1 atom stereocenters. The van der Waals surface area contributed by atoms with Crippen molar-refractivity contribution in [2.75, 3.05) is 0 Å². The van der Waals surface area contributed by atoms with Crippen LogP contribution in [0.4, 0.5) is 0 Å². The molecule has 0 radical (unpaired) electrons. The molecule has 1 aromatic heterocycles. The Morgan fingerprint density at radius 2 is 2.00 bits per heavy atom. The molecule has 0 saturated carbocycles. The fourth-order valence-corrected chi connectivity index (χ4v) is 2.84. The highest BCUT2D eigenvalue weighted by molar-refractivity contribution is 5.31. The van der Waals surface area contributed by atoms with Crippen LogP contribution in [0.5, 0.6) is 0 Å². The molecule has 19 heavy (non-hydrogen) atoms. The van der Waals surface area contributed by atoms with Crippen LogP contribution in [0.1, 0.15) is 40.7 Å². The summed E-state index contributed by atoms with van der Waals surface area (Å²) in [5.74, 6) is 1.26. The number of hydrogen-bond acceptors (Lipinski definition) is 3. The summed E-state index contributed by atoms with van der Waals surface area (Å²) in [6.45, 7) is 1.95. The molecule has 0 bridgehead atoms. The molecule has 0 saturated heterocycles. The minimum absolute atomic E-state index is 0.0142. The van der Waals surface area contributed by atoms with E-state index in [-0.39, 0.29) is 6.61 Å². The first-order valence-electron chi connectivity index (χ1n) is 6.78. The highest BCUT2D eigenvalue weighted by Crippen LogP contribution is 2.31. The van der Waals surface area contributed by atoms with E-state index in [2.05, 4.69) is 34.2 Å². The molecule has 3 nitrogen and oxygen atoms in total. The Hall–Kier alpha value is -1.74. The molecule has 0 spiro atoms. The Labute approximate surface area is 113 Å². The number of aryl methyl sites for hydroxylation is 2. The maximum atomic E-state index is 9.25. The predicted molar refractivity (Wildman–Crippen MR) is 73.9 cm³/mol. The fraction of sp³-hybridized carbons (Fsp3) is 0.375. The predicted octanol–water partition coefficient (Wildman–Crippen LogP) is 2.55. The van der Waals surface area contributed by atoms with E-state index < -0.39 is 0 Å². The molecule has 0 fully saturated rings. The third-order valence-electron chi connectivity index (χ3n) is 3.80. The lowest BCUT2D eigenvalue weighted by molar-refractivity contribution is 0.275. The molecule has 0 amide bonds. The maximum Gasteiger partial charge on any atom is 0.132 e. The monoisotopic (exact) mass is 254 g/mol. The van der Waals surface area contributed by atoms with E-state index in [1.54, 1.807) is 0 Å². The summed E-state index contributed by atoms with van der Waals surface area (Å²) < 4.78 is 0. The van der Waals surface area contributed by atoms with E-state index in [1.165, 1.54) is 11.1 Å². The third-order valence-corrected chi connectivity index (χ3v) is 3.80. The van der Waals surface area contributed by atoms with Gasteiger partial charge in [0.05, 0.1) is 12.3 Å². The lowest BCUT2D eigenvalue weighted by Crippen LogP contribution is -2.16. The molecule has 2 aromatic rings. The van der Waals surface area contributed by atoms with Gasteiger partial charge in [-0.05, 0) is 43.4 Å². The fourth-order valence-electron chi connectivity index (χ4n) is 2.84. The topological polar surface area (TPSA) is 46.0 Å². The zero-order chi connectivity index (χ0) is 13.2. The third kappa shape index (κ3) is 2.51. The molecular formula is C16H18N2O. The molecule has 1 heterocycles. The minimum atomic E-state index is -0.0142. The normalized spacial score (nSPS) is 18.1. The Morgan fingerprint density at radius 3 is 2.79 bits per heavy atom. The number of aliphatic hydroxyl groups excluding tert-OH is 1. The molecule has 1 N–H and O–H groups in total. The van der Waals surface area contributed by atoms with Crippen molar-refractivity contribution in [2.24, 2.45) is 0 Å². The Bertz CT molecular complexity index is 595. The summed E-state index contributed by atoms with van der Waals surface area (Å²) in [5.41, 5.74) is 4.53. The average Bonchev–Trinajstić information content (AvgIpc) is 2.46. The molecule has 0 aliphatic heterocycles. The largest absolute Gasteiger partial charge is 0.390 e. The van der Waals surface area contributed by atoms with Crippen LogP contribution in [0, 0.1) is 6.92 Å². The molecule has 3 heteroatoms.